The van der Waals surface area contributed by atoms with Gasteiger partial charge in [0.2, 0.25) is 0 Å². The molecule has 0 bridgehead atoms. The molecular formula is C18H27NO2. The number of fused-ring (bicyclic) bond motifs is 1. The van der Waals surface area contributed by atoms with Gasteiger partial charge in [-0.25, -0.2) is 0 Å². The van der Waals surface area contributed by atoms with Crippen LogP contribution in [0.25, 0.3) is 0 Å². The van der Waals surface area contributed by atoms with E-state index in [2.05, 4.69) is 44.3 Å². The van der Waals surface area contributed by atoms with Crippen LogP contribution in [0.4, 0.5) is 0 Å². The Kier molecular flexibility index (Phi) is 4.23. The Bertz CT molecular complexity index is 498. The largest absolute Gasteiger partial charge is 0.493 e. The van der Waals surface area contributed by atoms with E-state index in [4.69, 9.17) is 9.47 Å². The standard InChI is InChI=1S/C18H27NO2/c1-4-16(19-15-8-10-21-18(2,3)12-15)13-5-6-17-14(11-13)7-9-20-17/h5-6,11,15-16,19H,4,7-10,12H2,1-3H3. The number of hydrogen-bond donors (Lipinski definition) is 1. The van der Waals surface area contributed by atoms with E-state index in [1.807, 2.05) is 0 Å². The molecule has 1 aromatic carbocycles. The summed E-state index contributed by atoms with van der Waals surface area (Å²) in [6.07, 6.45) is 4.34. The zero-order chi connectivity index (χ0) is 14.9. The summed E-state index contributed by atoms with van der Waals surface area (Å²) in [6, 6.07) is 7.65. The minimum Gasteiger partial charge on any atom is -0.493 e. The van der Waals surface area contributed by atoms with Gasteiger partial charge in [-0.1, -0.05) is 19.1 Å². The molecule has 0 amide bonds. The van der Waals surface area contributed by atoms with Crippen molar-refractivity contribution in [1.29, 1.82) is 0 Å². The van der Waals surface area contributed by atoms with Crippen LogP contribution in [0.2, 0.25) is 0 Å². The number of hydrogen-bond acceptors (Lipinski definition) is 3. The highest BCUT2D eigenvalue weighted by atomic mass is 16.5. The zero-order valence-electron chi connectivity index (χ0n) is 13.4. The summed E-state index contributed by atoms with van der Waals surface area (Å²) in [5.41, 5.74) is 2.76. The van der Waals surface area contributed by atoms with Crippen molar-refractivity contribution in [2.75, 3.05) is 13.2 Å². The van der Waals surface area contributed by atoms with Gasteiger partial charge < -0.3 is 14.8 Å². The number of nitrogens with one attached hydrogen (secondary N) is 1. The lowest BCUT2D eigenvalue weighted by Gasteiger charge is -2.37. The Morgan fingerprint density at radius 1 is 1.33 bits per heavy atom. The molecule has 1 saturated heterocycles. The summed E-state index contributed by atoms with van der Waals surface area (Å²) in [5, 5.41) is 3.85. The quantitative estimate of drug-likeness (QED) is 0.918. The third-order valence-corrected chi connectivity index (χ3v) is 4.66. The van der Waals surface area contributed by atoms with Gasteiger partial charge in [-0.15, -0.1) is 0 Å². The Hall–Kier alpha value is -1.06. The third-order valence-electron chi connectivity index (χ3n) is 4.66. The fraction of sp³-hybridized carbons (Fsp3) is 0.667. The molecule has 116 valence electrons. The van der Waals surface area contributed by atoms with Crippen molar-refractivity contribution in [3.63, 3.8) is 0 Å². The first-order valence-corrected chi connectivity index (χ1v) is 8.23. The summed E-state index contributed by atoms with van der Waals surface area (Å²) in [7, 11) is 0. The van der Waals surface area contributed by atoms with Crippen molar-refractivity contribution in [2.45, 2.75) is 64.1 Å². The van der Waals surface area contributed by atoms with Gasteiger partial charge >= 0.3 is 0 Å². The van der Waals surface area contributed by atoms with Crippen LogP contribution in [0, 0.1) is 0 Å². The van der Waals surface area contributed by atoms with E-state index in [1.54, 1.807) is 0 Å². The van der Waals surface area contributed by atoms with Gasteiger partial charge in [0.05, 0.1) is 12.2 Å². The molecule has 0 spiro atoms. The lowest BCUT2D eigenvalue weighted by atomic mass is 9.92. The first kappa shape index (κ1) is 14.9. The second-order valence-electron chi connectivity index (χ2n) is 6.89. The molecule has 2 unspecified atom stereocenters. The summed E-state index contributed by atoms with van der Waals surface area (Å²) >= 11 is 0. The van der Waals surface area contributed by atoms with Crippen molar-refractivity contribution in [3.05, 3.63) is 29.3 Å². The Balaban J connectivity index is 1.70. The molecule has 1 aromatic rings. The highest BCUT2D eigenvalue weighted by Gasteiger charge is 2.30. The van der Waals surface area contributed by atoms with E-state index in [1.165, 1.54) is 11.1 Å². The average molecular weight is 289 g/mol. The topological polar surface area (TPSA) is 30.5 Å². The van der Waals surface area contributed by atoms with Crippen molar-refractivity contribution in [3.8, 4) is 5.75 Å². The monoisotopic (exact) mass is 289 g/mol. The van der Waals surface area contributed by atoms with Crippen LogP contribution in [-0.2, 0) is 11.2 Å². The lowest BCUT2D eigenvalue weighted by Crippen LogP contribution is -2.44. The lowest BCUT2D eigenvalue weighted by molar-refractivity contribution is -0.0642. The first-order chi connectivity index (χ1) is 10.1. The van der Waals surface area contributed by atoms with Gasteiger partial charge in [-0.3, -0.25) is 0 Å². The smallest absolute Gasteiger partial charge is 0.122 e. The van der Waals surface area contributed by atoms with Crippen molar-refractivity contribution < 1.29 is 9.47 Å². The number of ether oxygens (including phenoxy) is 2. The van der Waals surface area contributed by atoms with Crippen LogP contribution in [0.1, 0.15) is 57.2 Å². The van der Waals surface area contributed by atoms with Gasteiger partial charge in [0.15, 0.2) is 0 Å². The van der Waals surface area contributed by atoms with Gasteiger partial charge in [-0.2, -0.15) is 0 Å². The number of rotatable bonds is 4. The van der Waals surface area contributed by atoms with Crippen LogP contribution in [0.5, 0.6) is 5.75 Å². The number of benzene rings is 1. The first-order valence-electron chi connectivity index (χ1n) is 8.23. The second kappa shape index (κ2) is 5.98. The van der Waals surface area contributed by atoms with E-state index in [0.29, 0.717) is 12.1 Å². The van der Waals surface area contributed by atoms with Crippen molar-refractivity contribution >= 4 is 0 Å². The fourth-order valence-electron chi connectivity index (χ4n) is 3.53. The minimum atomic E-state index is -0.0000169. The van der Waals surface area contributed by atoms with Crippen LogP contribution in [-0.4, -0.2) is 24.9 Å². The van der Waals surface area contributed by atoms with Gasteiger partial charge in [0.25, 0.3) is 0 Å². The predicted octanol–water partition coefficient (Wildman–Crippen LogP) is 3.62. The molecule has 2 aliphatic heterocycles. The van der Waals surface area contributed by atoms with E-state index >= 15 is 0 Å². The highest BCUT2D eigenvalue weighted by Crippen LogP contribution is 2.31. The minimum absolute atomic E-state index is 0.0000169. The normalized spacial score (nSPS) is 25.2. The summed E-state index contributed by atoms with van der Waals surface area (Å²) in [6.45, 7) is 8.32. The molecule has 21 heavy (non-hydrogen) atoms. The molecule has 3 rings (SSSR count). The van der Waals surface area contributed by atoms with Gasteiger partial charge in [0, 0.05) is 25.1 Å². The van der Waals surface area contributed by atoms with Crippen molar-refractivity contribution in [2.24, 2.45) is 0 Å². The molecule has 1 fully saturated rings. The molecule has 3 nitrogen and oxygen atoms in total. The Morgan fingerprint density at radius 2 is 2.19 bits per heavy atom. The molecule has 0 aromatic heterocycles. The SMILES string of the molecule is CCC(NC1CCOC(C)(C)C1)c1ccc2c(c1)CCO2. The van der Waals surface area contributed by atoms with Crippen LogP contribution in [0.15, 0.2) is 18.2 Å². The van der Waals surface area contributed by atoms with Crippen LogP contribution in [0.3, 0.4) is 0 Å². The van der Waals surface area contributed by atoms with Crippen LogP contribution >= 0.6 is 0 Å². The highest BCUT2D eigenvalue weighted by molar-refractivity contribution is 5.40. The Labute approximate surface area is 128 Å². The molecule has 3 heteroatoms. The summed E-state index contributed by atoms with van der Waals surface area (Å²) < 4.78 is 11.4. The van der Waals surface area contributed by atoms with E-state index < -0.39 is 0 Å². The molecule has 2 heterocycles. The second-order valence-corrected chi connectivity index (χ2v) is 6.89. The molecule has 2 atom stereocenters. The van der Waals surface area contributed by atoms with E-state index in [-0.39, 0.29) is 5.60 Å². The maximum atomic E-state index is 5.82. The van der Waals surface area contributed by atoms with Gasteiger partial charge in [0.1, 0.15) is 5.75 Å². The summed E-state index contributed by atoms with van der Waals surface area (Å²) in [4.78, 5) is 0. The fourth-order valence-corrected chi connectivity index (χ4v) is 3.53. The molecule has 0 aliphatic carbocycles. The molecule has 0 radical (unpaired) electrons. The van der Waals surface area contributed by atoms with Crippen molar-refractivity contribution in [1.82, 2.24) is 5.32 Å². The average Bonchev–Trinajstić information content (AvgIpc) is 2.91. The maximum Gasteiger partial charge on any atom is 0.122 e. The maximum absolute atomic E-state index is 5.82. The Morgan fingerprint density at radius 3 is 2.95 bits per heavy atom. The molecule has 0 saturated carbocycles. The van der Waals surface area contributed by atoms with Crippen LogP contribution < -0.4 is 10.1 Å². The van der Waals surface area contributed by atoms with E-state index in [9.17, 15) is 0 Å². The predicted molar refractivity (Wildman–Crippen MR) is 84.9 cm³/mol. The van der Waals surface area contributed by atoms with E-state index in [0.717, 1.165) is 44.6 Å². The zero-order valence-corrected chi connectivity index (χ0v) is 13.4. The molecular weight excluding hydrogens is 262 g/mol. The molecule has 2 aliphatic rings. The third kappa shape index (κ3) is 3.41. The summed E-state index contributed by atoms with van der Waals surface area (Å²) in [5.74, 6) is 1.07. The van der Waals surface area contributed by atoms with Gasteiger partial charge in [-0.05, 0) is 50.3 Å². The molecule has 1 N–H and O–H groups in total.